The lowest BCUT2D eigenvalue weighted by molar-refractivity contribution is -0.138. The minimum absolute atomic E-state index is 0.0104. The Labute approximate surface area is 135 Å². The SMILES string of the molecule is CCC(=O)N1CSC[C@@H]1C(=O)N[C@H]1CCc2ccccc2C1. The maximum Gasteiger partial charge on any atom is 0.243 e. The molecule has 2 atom stereocenters. The molecule has 1 aromatic carbocycles. The summed E-state index contributed by atoms with van der Waals surface area (Å²) in [6.07, 6.45) is 3.34. The number of amides is 2. The molecule has 2 aliphatic rings. The smallest absolute Gasteiger partial charge is 0.243 e. The van der Waals surface area contributed by atoms with Gasteiger partial charge in [0, 0.05) is 18.2 Å². The van der Waals surface area contributed by atoms with Gasteiger partial charge in [-0.25, -0.2) is 0 Å². The first-order valence-electron chi connectivity index (χ1n) is 7.93. The Bertz CT molecular complexity index is 576. The summed E-state index contributed by atoms with van der Waals surface area (Å²) in [4.78, 5) is 26.2. The summed E-state index contributed by atoms with van der Waals surface area (Å²) in [7, 11) is 0. The van der Waals surface area contributed by atoms with Crippen molar-refractivity contribution in [1.82, 2.24) is 10.2 Å². The second-order valence-electron chi connectivity index (χ2n) is 5.95. The molecule has 4 nitrogen and oxygen atoms in total. The minimum Gasteiger partial charge on any atom is -0.351 e. The first-order valence-corrected chi connectivity index (χ1v) is 9.09. The second-order valence-corrected chi connectivity index (χ2v) is 6.95. The molecule has 1 heterocycles. The molecule has 0 bridgehead atoms. The van der Waals surface area contributed by atoms with Crippen LogP contribution in [-0.2, 0) is 22.4 Å². The van der Waals surface area contributed by atoms with Crippen molar-refractivity contribution in [3.05, 3.63) is 35.4 Å². The Morgan fingerprint density at radius 2 is 2.09 bits per heavy atom. The molecule has 118 valence electrons. The maximum atomic E-state index is 12.5. The molecular weight excluding hydrogens is 296 g/mol. The molecule has 0 saturated carbocycles. The summed E-state index contributed by atoms with van der Waals surface area (Å²) in [5.74, 6) is 1.43. The van der Waals surface area contributed by atoms with Gasteiger partial charge < -0.3 is 10.2 Å². The average Bonchev–Trinajstić information content (AvgIpc) is 3.03. The standard InChI is InChI=1S/C17H22N2O2S/c1-2-16(20)19-11-22-10-15(19)17(21)18-14-8-7-12-5-3-4-6-13(12)9-14/h3-6,14-15H,2,7-11H2,1H3,(H,18,21)/t14-,15+/m0/s1. The number of hydrogen-bond acceptors (Lipinski definition) is 3. The topological polar surface area (TPSA) is 49.4 Å². The highest BCUT2D eigenvalue weighted by molar-refractivity contribution is 7.99. The van der Waals surface area contributed by atoms with Crippen LogP contribution in [0.3, 0.4) is 0 Å². The third kappa shape index (κ3) is 3.14. The van der Waals surface area contributed by atoms with Crippen LogP contribution in [0.1, 0.15) is 30.9 Å². The lowest BCUT2D eigenvalue weighted by Crippen LogP contribution is -2.50. The lowest BCUT2D eigenvalue weighted by Gasteiger charge is -2.28. The van der Waals surface area contributed by atoms with Crippen LogP contribution in [0, 0.1) is 0 Å². The van der Waals surface area contributed by atoms with E-state index in [1.165, 1.54) is 11.1 Å². The minimum atomic E-state index is -0.297. The van der Waals surface area contributed by atoms with E-state index in [0.29, 0.717) is 18.1 Å². The number of rotatable bonds is 3. The zero-order valence-electron chi connectivity index (χ0n) is 12.9. The summed E-state index contributed by atoms with van der Waals surface area (Å²) in [6, 6.07) is 8.33. The van der Waals surface area contributed by atoms with Crippen molar-refractivity contribution in [2.45, 2.75) is 44.7 Å². The predicted octanol–water partition coefficient (Wildman–Crippen LogP) is 1.97. The number of benzene rings is 1. The molecule has 1 aliphatic heterocycles. The number of thioether (sulfide) groups is 1. The third-order valence-corrected chi connectivity index (χ3v) is 5.51. The van der Waals surface area contributed by atoms with Gasteiger partial charge >= 0.3 is 0 Å². The fraction of sp³-hybridized carbons (Fsp3) is 0.529. The first-order chi connectivity index (χ1) is 10.7. The Hall–Kier alpha value is -1.49. The Kier molecular flexibility index (Phi) is 4.71. The fourth-order valence-corrected chi connectivity index (χ4v) is 4.41. The molecule has 1 aliphatic carbocycles. The van der Waals surface area contributed by atoms with Gasteiger partial charge in [0.05, 0.1) is 5.88 Å². The van der Waals surface area contributed by atoms with E-state index >= 15 is 0 Å². The summed E-state index contributed by atoms with van der Waals surface area (Å²) in [6.45, 7) is 1.85. The van der Waals surface area contributed by atoms with Gasteiger partial charge in [-0.1, -0.05) is 31.2 Å². The third-order valence-electron chi connectivity index (χ3n) is 4.50. The van der Waals surface area contributed by atoms with Crippen LogP contribution in [0.4, 0.5) is 0 Å². The van der Waals surface area contributed by atoms with E-state index in [4.69, 9.17) is 0 Å². The van der Waals surface area contributed by atoms with E-state index < -0.39 is 0 Å². The van der Waals surface area contributed by atoms with Crippen molar-refractivity contribution in [2.75, 3.05) is 11.6 Å². The molecular formula is C17H22N2O2S. The van der Waals surface area contributed by atoms with Crippen LogP contribution >= 0.6 is 11.8 Å². The number of carbonyl (C=O) groups is 2. The van der Waals surface area contributed by atoms with E-state index in [1.54, 1.807) is 16.7 Å². The van der Waals surface area contributed by atoms with Gasteiger partial charge in [-0.2, -0.15) is 0 Å². The van der Waals surface area contributed by atoms with E-state index in [2.05, 4.69) is 29.6 Å². The molecule has 3 rings (SSSR count). The van der Waals surface area contributed by atoms with Crippen LogP contribution in [0.25, 0.3) is 0 Å². The predicted molar refractivity (Wildman–Crippen MR) is 88.6 cm³/mol. The van der Waals surface area contributed by atoms with Crippen LogP contribution in [0.15, 0.2) is 24.3 Å². The number of nitrogens with one attached hydrogen (secondary N) is 1. The Morgan fingerprint density at radius 3 is 2.86 bits per heavy atom. The number of fused-ring (bicyclic) bond motifs is 1. The second kappa shape index (κ2) is 6.73. The molecule has 0 radical (unpaired) electrons. The quantitative estimate of drug-likeness (QED) is 0.927. The van der Waals surface area contributed by atoms with Crippen molar-refractivity contribution in [3.63, 3.8) is 0 Å². The molecule has 1 N–H and O–H groups in total. The molecule has 1 saturated heterocycles. The van der Waals surface area contributed by atoms with Crippen LogP contribution < -0.4 is 5.32 Å². The van der Waals surface area contributed by atoms with Crippen molar-refractivity contribution in [1.29, 1.82) is 0 Å². The molecule has 2 amide bonds. The molecule has 1 fully saturated rings. The maximum absolute atomic E-state index is 12.5. The monoisotopic (exact) mass is 318 g/mol. The van der Waals surface area contributed by atoms with Crippen LogP contribution in [-0.4, -0.2) is 40.4 Å². The highest BCUT2D eigenvalue weighted by Gasteiger charge is 2.35. The fourth-order valence-electron chi connectivity index (χ4n) is 3.23. The van der Waals surface area contributed by atoms with Crippen molar-refractivity contribution in [3.8, 4) is 0 Å². The summed E-state index contributed by atoms with van der Waals surface area (Å²) < 4.78 is 0. The highest BCUT2D eigenvalue weighted by atomic mass is 32.2. The van der Waals surface area contributed by atoms with E-state index in [-0.39, 0.29) is 23.9 Å². The Balaban J connectivity index is 1.62. The average molecular weight is 318 g/mol. The van der Waals surface area contributed by atoms with Gasteiger partial charge in [-0.15, -0.1) is 11.8 Å². The van der Waals surface area contributed by atoms with E-state index in [1.807, 2.05) is 6.92 Å². The van der Waals surface area contributed by atoms with Crippen molar-refractivity contribution in [2.24, 2.45) is 0 Å². The molecule has 0 spiro atoms. The molecule has 22 heavy (non-hydrogen) atoms. The summed E-state index contributed by atoms with van der Waals surface area (Å²) >= 11 is 1.66. The number of aryl methyl sites for hydroxylation is 1. The molecule has 5 heteroatoms. The highest BCUT2D eigenvalue weighted by Crippen LogP contribution is 2.24. The molecule has 1 aromatic rings. The van der Waals surface area contributed by atoms with E-state index in [9.17, 15) is 9.59 Å². The number of hydrogen-bond donors (Lipinski definition) is 1. The lowest BCUT2D eigenvalue weighted by atomic mass is 9.88. The zero-order valence-corrected chi connectivity index (χ0v) is 13.7. The van der Waals surface area contributed by atoms with Gasteiger partial charge in [0.1, 0.15) is 6.04 Å². The van der Waals surface area contributed by atoms with Gasteiger partial charge in [0.25, 0.3) is 0 Å². The first kappa shape index (κ1) is 15.4. The number of carbonyl (C=O) groups excluding carboxylic acids is 2. The zero-order chi connectivity index (χ0) is 15.5. The normalized spacial score (nSPS) is 24.0. The number of nitrogens with zero attached hydrogens (tertiary/aromatic N) is 1. The molecule has 0 aromatic heterocycles. The van der Waals surface area contributed by atoms with Crippen LogP contribution in [0.5, 0.6) is 0 Å². The Morgan fingerprint density at radius 1 is 1.32 bits per heavy atom. The van der Waals surface area contributed by atoms with Gasteiger partial charge in [-0.3, -0.25) is 9.59 Å². The van der Waals surface area contributed by atoms with Crippen molar-refractivity contribution < 1.29 is 9.59 Å². The largest absolute Gasteiger partial charge is 0.351 e. The molecule has 0 unspecified atom stereocenters. The van der Waals surface area contributed by atoms with Gasteiger partial charge in [0.2, 0.25) is 11.8 Å². The van der Waals surface area contributed by atoms with Gasteiger partial charge in [0.15, 0.2) is 0 Å². The van der Waals surface area contributed by atoms with Crippen molar-refractivity contribution >= 4 is 23.6 Å². The van der Waals surface area contributed by atoms with E-state index in [0.717, 1.165) is 19.3 Å². The summed E-state index contributed by atoms with van der Waals surface area (Å²) in [5, 5.41) is 3.16. The van der Waals surface area contributed by atoms with Crippen LogP contribution in [0.2, 0.25) is 0 Å². The van der Waals surface area contributed by atoms with Gasteiger partial charge in [-0.05, 0) is 30.4 Å². The summed E-state index contributed by atoms with van der Waals surface area (Å²) in [5.41, 5.74) is 2.73.